The molecule has 2 rings (SSSR count). The Balaban J connectivity index is 2.33. The Kier molecular flexibility index (Phi) is 4.90. The van der Waals surface area contributed by atoms with E-state index in [4.69, 9.17) is 27.9 Å². The van der Waals surface area contributed by atoms with E-state index in [0.29, 0.717) is 22.5 Å². The molecular formula is C12H7Br2Cl2NO. The summed E-state index contributed by atoms with van der Waals surface area (Å²) in [4.78, 5) is 4.18. The Morgan fingerprint density at radius 2 is 1.94 bits per heavy atom. The zero-order valence-corrected chi connectivity index (χ0v) is 13.6. The van der Waals surface area contributed by atoms with E-state index in [9.17, 15) is 0 Å². The Labute approximate surface area is 132 Å². The molecule has 0 spiro atoms. The lowest BCUT2D eigenvalue weighted by Crippen LogP contribution is -1.93. The van der Waals surface area contributed by atoms with Gasteiger partial charge in [0.2, 0.25) is 5.88 Å². The summed E-state index contributed by atoms with van der Waals surface area (Å²) in [6, 6.07) is 7.24. The smallest absolute Gasteiger partial charge is 0.223 e. The van der Waals surface area contributed by atoms with Gasteiger partial charge in [-0.25, -0.2) is 4.98 Å². The first kappa shape index (κ1) is 14.1. The van der Waals surface area contributed by atoms with E-state index in [2.05, 4.69) is 36.8 Å². The number of aromatic nitrogens is 1. The summed E-state index contributed by atoms with van der Waals surface area (Å²) in [6.07, 6.45) is 1.65. The predicted molar refractivity (Wildman–Crippen MR) is 80.7 cm³/mol. The Morgan fingerprint density at radius 3 is 2.61 bits per heavy atom. The van der Waals surface area contributed by atoms with Crippen LogP contribution in [0, 0.1) is 0 Å². The van der Waals surface area contributed by atoms with E-state index >= 15 is 0 Å². The van der Waals surface area contributed by atoms with Crippen LogP contribution in [0.3, 0.4) is 0 Å². The minimum Gasteiger partial charge on any atom is -0.437 e. The Morgan fingerprint density at radius 1 is 1.17 bits per heavy atom. The molecule has 1 heterocycles. The van der Waals surface area contributed by atoms with Crippen molar-refractivity contribution in [2.24, 2.45) is 0 Å². The molecule has 0 fully saturated rings. The van der Waals surface area contributed by atoms with Crippen molar-refractivity contribution in [2.45, 2.75) is 5.88 Å². The molecule has 2 nitrogen and oxygen atoms in total. The van der Waals surface area contributed by atoms with E-state index in [-0.39, 0.29) is 0 Å². The molecule has 6 heteroatoms. The van der Waals surface area contributed by atoms with Gasteiger partial charge in [-0.15, -0.1) is 11.6 Å². The average molecular weight is 412 g/mol. The first-order valence-corrected chi connectivity index (χ1v) is 7.43. The van der Waals surface area contributed by atoms with Crippen molar-refractivity contribution in [1.82, 2.24) is 4.98 Å². The van der Waals surface area contributed by atoms with Crippen LogP contribution in [0.4, 0.5) is 0 Å². The number of hydrogen-bond acceptors (Lipinski definition) is 2. The molecule has 0 amide bonds. The summed E-state index contributed by atoms with van der Waals surface area (Å²) in [5.41, 5.74) is 0.796. The fourth-order valence-corrected chi connectivity index (χ4v) is 2.60. The van der Waals surface area contributed by atoms with Crippen molar-refractivity contribution in [3.8, 4) is 11.6 Å². The molecule has 0 atom stereocenters. The molecule has 0 radical (unpaired) electrons. The maximum Gasteiger partial charge on any atom is 0.223 e. The lowest BCUT2D eigenvalue weighted by Gasteiger charge is -2.10. The van der Waals surface area contributed by atoms with Gasteiger partial charge in [-0.2, -0.15) is 0 Å². The molecule has 1 aromatic heterocycles. The number of benzene rings is 1. The number of rotatable bonds is 3. The molecule has 0 saturated heterocycles. The quantitative estimate of drug-likeness (QED) is 0.596. The maximum absolute atomic E-state index is 6.08. The second kappa shape index (κ2) is 6.24. The number of halogens is 4. The molecule has 0 unspecified atom stereocenters. The van der Waals surface area contributed by atoms with E-state index in [1.54, 1.807) is 18.3 Å². The Hall–Kier alpha value is -0.290. The molecule has 0 N–H and O–H groups in total. The van der Waals surface area contributed by atoms with Crippen molar-refractivity contribution in [1.29, 1.82) is 0 Å². The van der Waals surface area contributed by atoms with Crippen LogP contribution in [0.15, 0.2) is 39.4 Å². The number of pyridine rings is 1. The topological polar surface area (TPSA) is 22.1 Å². The summed E-state index contributed by atoms with van der Waals surface area (Å²) >= 11 is 18.6. The fourth-order valence-electron chi connectivity index (χ4n) is 1.32. The molecule has 0 bridgehead atoms. The lowest BCUT2D eigenvalue weighted by molar-refractivity contribution is 0.458. The van der Waals surface area contributed by atoms with Crippen molar-refractivity contribution in [3.63, 3.8) is 0 Å². The lowest BCUT2D eigenvalue weighted by atomic mass is 10.3. The van der Waals surface area contributed by atoms with Crippen LogP contribution in [0.25, 0.3) is 0 Å². The third-order valence-corrected chi connectivity index (χ3v) is 3.65. The second-order valence-electron chi connectivity index (χ2n) is 3.43. The number of hydrogen-bond donors (Lipinski definition) is 0. The number of ether oxygens (including phenoxy) is 1. The minimum absolute atomic E-state index is 0.315. The highest BCUT2D eigenvalue weighted by atomic mass is 79.9. The van der Waals surface area contributed by atoms with E-state index < -0.39 is 0 Å². The van der Waals surface area contributed by atoms with Crippen LogP contribution in [-0.2, 0) is 5.88 Å². The van der Waals surface area contributed by atoms with Gasteiger partial charge < -0.3 is 4.74 Å². The standard InChI is InChI=1S/C12H7Br2Cl2NO/c13-8-1-2-11(10(16)4-8)18-12-7(5-15)3-9(14)6-17-12/h1-4,6H,5H2. The van der Waals surface area contributed by atoms with Crippen LogP contribution in [0.1, 0.15) is 5.56 Å². The zero-order valence-electron chi connectivity index (χ0n) is 8.96. The monoisotopic (exact) mass is 409 g/mol. The maximum atomic E-state index is 6.08. The summed E-state index contributed by atoms with van der Waals surface area (Å²) in [5.74, 6) is 1.31. The summed E-state index contributed by atoms with van der Waals surface area (Å²) in [7, 11) is 0. The largest absolute Gasteiger partial charge is 0.437 e. The van der Waals surface area contributed by atoms with Crippen LogP contribution >= 0.6 is 55.1 Å². The van der Waals surface area contributed by atoms with Gasteiger partial charge in [-0.1, -0.05) is 27.5 Å². The highest BCUT2D eigenvalue weighted by Gasteiger charge is 2.09. The molecule has 1 aromatic carbocycles. The minimum atomic E-state index is 0.315. The first-order valence-electron chi connectivity index (χ1n) is 4.93. The van der Waals surface area contributed by atoms with Crippen molar-refractivity contribution < 1.29 is 4.74 Å². The summed E-state index contributed by atoms with van der Waals surface area (Å²) in [6.45, 7) is 0. The van der Waals surface area contributed by atoms with Gasteiger partial charge in [-0.05, 0) is 40.2 Å². The third kappa shape index (κ3) is 3.38. The molecule has 0 saturated carbocycles. The third-order valence-electron chi connectivity index (χ3n) is 2.14. The number of alkyl halides is 1. The van der Waals surface area contributed by atoms with Crippen molar-refractivity contribution in [2.75, 3.05) is 0 Å². The van der Waals surface area contributed by atoms with Crippen molar-refractivity contribution >= 4 is 55.1 Å². The predicted octanol–water partition coefficient (Wildman–Crippen LogP) is 5.79. The molecule has 0 aliphatic rings. The molecular weight excluding hydrogens is 405 g/mol. The van der Waals surface area contributed by atoms with Crippen LogP contribution in [0.2, 0.25) is 5.02 Å². The normalized spacial score (nSPS) is 10.4. The van der Waals surface area contributed by atoms with Gasteiger partial charge in [-0.3, -0.25) is 0 Å². The first-order chi connectivity index (χ1) is 8.60. The Bertz CT molecular complexity index is 578. The highest BCUT2D eigenvalue weighted by Crippen LogP contribution is 2.33. The number of nitrogens with zero attached hydrogens (tertiary/aromatic N) is 1. The molecule has 0 aliphatic carbocycles. The van der Waals surface area contributed by atoms with Gasteiger partial charge in [0, 0.05) is 20.7 Å². The van der Waals surface area contributed by atoms with E-state index in [1.807, 2.05) is 12.1 Å². The van der Waals surface area contributed by atoms with Gasteiger partial charge in [0.05, 0.1) is 10.9 Å². The highest BCUT2D eigenvalue weighted by molar-refractivity contribution is 9.10. The van der Waals surface area contributed by atoms with E-state index in [1.165, 1.54) is 0 Å². The molecule has 18 heavy (non-hydrogen) atoms. The second-order valence-corrected chi connectivity index (χ2v) is 5.93. The van der Waals surface area contributed by atoms with Crippen LogP contribution < -0.4 is 4.74 Å². The average Bonchev–Trinajstić information content (AvgIpc) is 2.34. The van der Waals surface area contributed by atoms with Gasteiger partial charge in [0.25, 0.3) is 0 Å². The SMILES string of the molecule is ClCc1cc(Br)cnc1Oc1ccc(Br)cc1Cl. The van der Waals surface area contributed by atoms with Gasteiger partial charge in [0.1, 0.15) is 5.75 Å². The van der Waals surface area contributed by atoms with E-state index in [0.717, 1.165) is 14.5 Å². The zero-order chi connectivity index (χ0) is 13.1. The molecule has 2 aromatic rings. The van der Waals surface area contributed by atoms with Gasteiger partial charge in [0.15, 0.2) is 0 Å². The summed E-state index contributed by atoms with van der Waals surface area (Å²) < 4.78 is 7.42. The molecule has 94 valence electrons. The van der Waals surface area contributed by atoms with Crippen LogP contribution in [-0.4, -0.2) is 4.98 Å². The van der Waals surface area contributed by atoms with Crippen LogP contribution in [0.5, 0.6) is 11.6 Å². The van der Waals surface area contributed by atoms with Crippen molar-refractivity contribution in [3.05, 3.63) is 50.0 Å². The van der Waals surface area contributed by atoms with Gasteiger partial charge >= 0.3 is 0 Å². The fraction of sp³-hybridized carbons (Fsp3) is 0.0833. The summed E-state index contributed by atoms with van der Waals surface area (Å²) in [5, 5.41) is 0.509. The molecule has 0 aliphatic heterocycles.